The third-order valence-electron chi connectivity index (χ3n) is 7.01. The van der Waals surface area contributed by atoms with Gasteiger partial charge in [0.05, 0.1) is 11.1 Å². The molecule has 196 valence electrons. The summed E-state index contributed by atoms with van der Waals surface area (Å²) in [5, 5.41) is 8.87. The summed E-state index contributed by atoms with van der Waals surface area (Å²) in [6.45, 7) is 3.49. The molecule has 0 spiro atoms. The number of pyridine rings is 1. The average Bonchev–Trinajstić information content (AvgIpc) is 3.54. The number of carboxylic acid groups (broad SMARTS) is 1. The fourth-order valence-electron chi connectivity index (χ4n) is 5.29. The van der Waals surface area contributed by atoms with Gasteiger partial charge in [-0.25, -0.2) is 4.79 Å². The molecule has 0 radical (unpaired) electrons. The number of ether oxygens (including phenoxy) is 1. The van der Waals surface area contributed by atoms with Gasteiger partial charge in [-0.3, -0.25) is 9.59 Å². The second kappa shape index (κ2) is 11.8. The lowest BCUT2D eigenvalue weighted by atomic mass is 9.91. The second-order valence-corrected chi connectivity index (χ2v) is 9.50. The van der Waals surface area contributed by atoms with Crippen molar-refractivity contribution in [1.29, 1.82) is 0 Å². The Morgan fingerprint density at radius 3 is 2.24 bits per heavy atom. The standard InChI is InChI=1S/C18H20N2O5.C13H12/c1-10-14(11-5-2-3-6-11)15(17(23)18(19)24)16-12(25-9-13(21)22)7-4-8-20(10)16;1-11-7-5-6-10-13(11)12-8-3-2-4-9-12/h4,7-8,11H,2-3,5-6,9H2,1H3,(H2,19,24)(H,21,22);2-10H,1H3. The molecule has 4 aromatic rings. The third kappa shape index (κ3) is 5.62. The molecule has 0 saturated heterocycles. The Morgan fingerprint density at radius 1 is 0.947 bits per heavy atom. The Bertz CT molecular complexity index is 1470. The van der Waals surface area contributed by atoms with Gasteiger partial charge in [-0.2, -0.15) is 0 Å². The summed E-state index contributed by atoms with van der Waals surface area (Å²) in [6, 6.07) is 22.2. The molecule has 1 fully saturated rings. The molecule has 5 rings (SSSR count). The van der Waals surface area contributed by atoms with E-state index in [-0.39, 0.29) is 17.2 Å². The van der Waals surface area contributed by atoms with Gasteiger partial charge in [0.15, 0.2) is 6.61 Å². The van der Waals surface area contributed by atoms with E-state index in [1.165, 1.54) is 16.7 Å². The van der Waals surface area contributed by atoms with Crippen molar-refractivity contribution in [3.63, 3.8) is 0 Å². The van der Waals surface area contributed by atoms with Crippen LogP contribution in [0.3, 0.4) is 0 Å². The molecule has 1 amide bonds. The number of benzene rings is 2. The molecule has 0 aliphatic heterocycles. The topological polar surface area (TPSA) is 111 Å². The average molecular weight is 513 g/mol. The molecule has 7 heteroatoms. The van der Waals surface area contributed by atoms with Crippen molar-refractivity contribution in [2.45, 2.75) is 45.4 Å². The first-order chi connectivity index (χ1) is 18.3. The molecular formula is C31H32N2O5. The van der Waals surface area contributed by atoms with E-state index in [1.54, 1.807) is 22.7 Å². The van der Waals surface area contributed by atoms with E-state index in [9.17, 15) is 14.4 Å². The number of amides is 1. The van der Waals surface area contributed by atoms with Gasteiger partial charge in [-0.1, -0.05) is 67.4 Å². The van der Waals surface area contributed by atoms with Gasteiger partial charge in [-0.05, 0) is 67.0 Å². The molecule has 1 aliphatic rings. The number of aliphatic carboxylic acids is 1. The Labute approximate surface area is 221 Å². The van der Waals surface area contributed by atoms with Crippen LogP contribution in [0.4, 0.5) is 0 Å². The molecule has 0 unspecified atom stereocenters. The highest BCUT2D eigenvalue weighted by molar-refractivity contribution is 6.44. The minimum Gasteiger partial charge on any atom is -0.480 e. The lowest BCUT2D eigenvalue weighted by Gasteiger charge is -2.11. The molecule has 1 saturated carbocycles. The molecule has 1 aliphatic carbocycles. The highest BCUT2D eigenvalue weighted by atomic mass is 16.5. The predicted molar refractivity (Wildman–Crippen MR) is 147 cm³/mol. The number of carboxylic acids is 1. The first-order valence-corrected chi connectivity index (χ1v) is 12.7. The number of fused-ring (bicyclic) bond motifs is 1. The zero-order chi connectivity index (χ0) is 27.2. The lowest BCUT2D eigenvalue weighted by Crippen LogP contribution is -2.24. The lowest BCUT2D eigenvalue weighted by molar-refractivity contribution is -0.139. The van der Waals surface area contributed by atoms with E-state index in [1.807, 2.05) is 13.0 Å². The van der Waals surface area contributed by atoms with Gasteiger partial charge in [-0.15, -0.1) is 0 Å². The van der Waals surface area contributed by atoms with Crippen LogP contribution < -0.4 is 10.5 Å². The van der Waals surface area contributed by atoms with Crippen molar-refractivity contribution in [1.82, 2.24) is 4.40 Å². The number of Topliss-reactive ketones (excluding diaryl/α,β-unsaturated/α-hetero) is 1. The predicted octanol–water partition coefficient (Wildman–Crippen LogP) is 5.70. The fourth-order valence-corrected chi connectivity index (χ4v) is 5.29. The molecule has 7 nitrogen and oxygen atoms in total. The number of aryl methyl sites for hydroxylation is 2. The van der Waals surface area contributed by atoms with Crippen LogP contribution in [0.1, 0.15) is 58.8 Å². The summed E-state index contributed by atoms with van der Waals surface area (Å²) >= 11 is 0. The number of hydrogen-bond donors (Lipinski definition) is 2. The van der Waals surface area contributed by atoms with Crippen LogP contribution in [0.5, 0.6) is 5.75 Å². The largest absolute Gasteiger partial charge is 0.480 e. The molecule has 0 atom stereocenters. The minimum absolute atomic E-state index is 0.186. The monoisotopic (exact) mass is 512 g/mol. The number of primary amides is 1. The van der Waals surface area contributed by atoms with Crippen LogP contribution in [0, 0.1) is 13.8 Å². The van der Waals surface area contributed by atoms with E-state index in [0.29, 0.717) is 5.52 Å². The number of nitrogens with zero attached hydrogens (tertiary/aromatic N) is 1. The van der Waals surface area contributed by atoms with Crippen LogP contribution in [0.2, 0.25) is 0 Å². The van der Waals surface area contributed by atoms with Gasteiger partial charge in [0, 0.05) is 11.9 Å². The summed E-state index contributed by atoms with van der Waals surface area (Å²) in [6.07, 6.45) is 5.81. The Kier molecular flexibility index (Phi) is 8.26. The van der Waals surface area contributed by atoms with Crippen LogP contribution >= 0.6 is 0 Å². The maximum absolute atomic E-state index is 12.6. The SMILES string of the molecule is Cc1c(C2CCCC2)c(C(=O)C(N)=O)c2c(OCC(=O)O)cccn12.Cc1ccccc1-c1ccccc1. The number of carbonyl (C=O) groups is 3. The molecule has 2 aromatic carbocycles. The van der Waals surface area contributed by atoms with Crippen LogP contribution in [-0.4, -0.2) is 33.8 Å². The summed E-state index contributed by atoms with van der Waals surface area (Å²) in [5.74, 6) is -2.48. The smallest absolute Gasteiger partial charge is 0.341 e. The van der Waals surface area contributed by atoms with Crippen molar-refractivity contribution >= 4 is 23.2 Å². The highest BCUT2D eigenvalue weighted by Crippen LogP contribution is 2.42. The maximum Gasteiger partial charge on any atom is 0.341 e. The molecule has 0 bridgehead atoms. The van der Waals surface area contributed by atoms with Gasteiger partial charge in [0.2, 0.25) is 0 Å². The third-order valence-corrected chi connectivity index (χ3v) is 7.01. The van der Waals surface area contributed by atoms with E-state index in [0.717, 1.165) is 36.9 Å². The number of ketones is 1. The zero-order valence-corrected chi connectivity index (χ0v) is 21.6. The van der Waals surface area contributed by atoms with Crippen molar-refractivity contribution < 1.29 is 24.2 Å². The maximum atomic E-state index is 12.6. The van der Waals surface area contributed by atoms with E-state index < -0.39 is 24.3 Å². The molecule has 3 N–H and O–H groups in total. The Hall–Kier alpha value is -4.39. The number of rotatable bonds is 7. The van der Waals surface area contributed by atoms with Gasteiger partial charge in [0.25, 0.3) is 11.7 Å². The first kappa shape index (κ1) is 26.7. The van der Waals surface area contributed by atoms with Gasteiger partial charge >= 0.3 is 5.97 Å². The van der Waals surface area contributed by atoms with E-state index >= 15 is 0 Å². The first-order valence-electron chi connectivity index (χ1n) is 12.7. The molecule has 2 heterocycles. The minimum atomic E-state index is -1.12. The van der Waals surface area contributed by atoms with Crippen LogP contribution in [0.15, 0.2) is 72.9 Å². The van der Waals surface area contributed by atoms with E-state index in [2.05, 4.69) is 55.5 Å². The Balaban J connectivity index is 0.000000216. The van der Waals surface area contributed by atoms with Crippen molar-refractivity contribution in [3.8, 4) is 16.9 Å². The summed E-state index contributed by atoms with van der Waals surface area (Å²) in [4.78, 5) is 35.0. The van der Waals surface area contributed by atoms with Crippen molar-refractivity contribution in [3.05, 3.63) is 95.3 Å². The Morgan fingerprint density at radius 2 is 1.61 bits per heavy atom. The normalized spacial score (nSPS) is 13.1. The van der Waals surface area contributed by atoms with Gasteiger partial charge in [0.1, 0.15) is 5.75 Å². The number of carbonyl (C=O) groups excluding carboxylic acids is 2. The summed E-state index contributed by atoms with van der Waals surface area (Å²) in [5.41, 5.74) is 11.6. The second-order valence-electron chi connectivity index (χ2n) is 9.50. The fraction of sp³-hybridized carbons (Fsp3) is 0.258. The van der Waals surface area contributed by atoms with Gasteiger partial charge < -0.3 is 20.0 Å². The van der Waals surface area contributed by atoms with E-state index in [4.69, 9.17) is 15.6 Å². The summed E-state index contributed by atoms with van der Waals surface area (Å²) in [7, 11) is 0. The molecule has 2 aromatic heterocycles. The zero-order valence-electron chi connectivity index (χ0n) is 21.6. The van der Waals surface area contributed by atoms with Crippen molar-refractivity contribution in [2.24, 2.45) is 5.73 Å². The van der Waals surface area contributed by atoms with Crippen LogP contribution in [0.25, 0.3) is 16.6 Å². The molecule has 38 heavy (non-hydrogen) atoms. The highest BCUT2D eigenvalue weighted by Gasteiger charge is 2.32. The molecular weight excluding hydrogens is 480 g/mol. The van der Waals surface area contributed by atoms with Crippen molar-refractivity contribution in [2.75, 3.05) is 6.61 Å². The number of aromatic nitrogens is 1. The quantitative estimate of drug-likeness (QED) is 0.244. The number of nitrogens with two attached hydrogens (primary N) is 1. The van der Waals surface area contributed by atoms with Crippen LogP contribution in [-0.2, 0) is 9.59 Å². The number of hydrogen-bond acceptors (Lipinski definition) is 4. The summed E-state index contributed by atoms with van der Waals surface area (Å²) < 4.78 is 7.14.